The Kier molecular flexibility index (Phi) is 69.0. The van der Waals surface area contributed by atoms with Crippen molar-refractivity contribution >= 4 is 39.5 Å². The number of phosphoric ester groups is 2. The van der Waals surface area contributed by atoms with E-state index in [1.807, 2.05) is 0 Å². The summed E-state index contributed by atoms with van der Waals surface area (Å²) < 4.78 is 68.6. The molecule has 0 aromatic heterocycles. The van der Waals surface area contributed by atoms with Gasteiger partial charge in [0.15, 0.2) is 12.2 Å². The Morgan fingerprint density at radius 1 is 0.293 bits per heavy atom. The molecule has 0 bridgehead atoms. The SMILES string of the molecule is CCCCCCCCCCCCCCCCCCCCCCC(=O)O[C@H](COC(=O)CCCCCCCCCCCCCCCCCC(C)C)COP(=O)(O)OC[C@@H](O)COP(=O)(O)OC[C@@H](COC(=O)CCCCCCCCC(C)C)OC(=O)CCCCCCCCCCC(C)CC. The maximum Gasteiger partial charge on any atom is 0.472 e. The van der Waals surface area contributed by atoms with Crippen LogP contribution in [0.15, 0.2) is 0 Å². The van der Waals surface area contributed by atoms with Gasteiger partial charge in [-0.15, -0.1) is 0 Å². The van der Waals surface area contributed by atoms with Crippen LogP contribution in [0.1, 0.15) is 414 Å². The first-order valence-corrected chi connectivity index (χ1v) is 44.4. The molecule has 0 aliphatic rings. The molecule has 17 nitrogen and oxygen atoms in total. The molecule has 0 saturated heterocycles. The molecule has 0 radical (unpaired) electrons. The second-order valence-electron chi connectivity index (χ2n) is 30.0. The Morgan fingerprint density at radius 3 is 0.768 bits per heavy atom. The minimum Gasteiger partial charge on any atom is -0.462 e. The standard InChI is InChI=1S/C80H156O17P2/c1-8-10-11-12-13-14-15-16-17-18-19-20-21-24-28-31-34-40-49-56-63-79(84)96-75(67-90-77(82)61-54-47-39-33-30-27-25-22-23-26-29-32-37-44-51-58-71(3)4)69-94-98(86,87)92-65-74(81)66-93-99(88,89)95-70-76(68-91-78(83)62-55-48-43-42-45-52-59-72(5)6)97-80(85)64-57-50-41-36-35-38-46-53-60-73(7)9-2/h71-76,81H,8-70H2,1-7H3,(H,86,87)(H,88,89)/t73?,74-,75-,76-/m1/s1. The highest BCUT2D eigenvalue weighted by Gasteiger charge is 2.30. The molecule has 0 fully saturated rings. The van der Waals surface area contributed by atoms with Gasteiger partial charge in [0.2, 0.25) is 0 Å². The Balaban J connectivity index is 5.21. The molecular weight excluding hydrogens is 1290 g/mol. The third-order valence-electron chi connectivity index (χ3n) is 19.0. The first kappa shape index (κ1) is 97.1. The number of aliphatic hydroxyl groups excluding tert-OH is 1. The van der Waals surface area contributed by atoms with Crippen LogP contribution in [0, 0.1) is 17.8 Å². The molecule has 0 aromatic carbocycles. The number of unbranched alkanes of at least 4 members (excludes halogenated alkanes) is 45. The molecule has 0 aliphatic carbocycles. The zero-order valence-corrected chi connectivity index (χ0v) is 66.8. The summed E-state index contributed by atoms with van der Waals surface area (Å²) in [5.41, 5.74) is 0. The van der Waals surface area contributed by atoms with Crippen molar-refractivity contribution in [2.24, 2.45) is 17.8 Å². The highest BCUT2D eigenvalue weighted by Crippen LogP contribution is 2.45. The van der Waals surface area contributed by atoms with E-state index in [-0.39, 0.29) is 25.7 Å². The summed E-state index contributed by atoms with van der Waals surface area (Å²) in [6, 6.07) is 0. The number of hydrogen-bond acceptors (Lipinski definition) is 15. The molecule has 588 valence electrons. The van der Waals surface area contributed by atoms with Crippen molar-refractivity contribution in [2.45, 2.75) is 433 Å². The molecule has 0 spiro atoms. The zero-order valence-electron chi connectivity index (χ0n) is 65.0. The van der Waals surface area contributed by atoms with Crippen molar-refractivity contribution in [3.8, 4) is 0 Å². The van der Waals surface area contributed by atoms with Crippen molar-refractivity contribution < 1.29 is 80.2 Å². The van der Waals surface area contributed by atoms with Crippen molar-refractivity contribution in [3.05, 3.63) is 0 Å². The lowest BCUT2D eigenvalue weighted by Gasteiger charge is -2.21. The lowest BCUT2D eigenvalue weighted by molar-refractivity contribution is -0.161. The molecule has 0 aliphatic heterocycles. The lowest BCUT2D eigenvalue weighted by Crippen LogP contribution is -2.30. The fourth-order valence-electron chi connectivity index (χ4n) is 12.3. The van der Waals surface area contributed by atoms with Crippen LogP contribution in [-0.2, 0) is 65.4 Å². The summed E-state index contributed by atoms with van der Waals surface area (Å²) in [5.74, 6) is 0.138. The molecule has 0 aromatic rings. The fourth-order valence-corrected chi connectivity index (χ4v) is 13.9. The molecule has 0 heterocycles. The third kappa shape index (κ3) is 72.8. The van der Waals surface area contributed by atoms with E-state index in [0.717, 1.165) is 108 Å². The Hall–Kier alpha value is -1.94. The molecule has 0 saturated carbocycles. The van der Waals surface area contributed by atoms with Crippen LogP contribution in [0.25, 0.3) is 0 Å². The summed E-state index contributed by atoms with van der Waals surface area (Å²) in [6.45, 7) is 11.9. The number of rotatable bonds is 78. The number of hydrogen-bond donors (Lipinski definition) is 3. The van der Waals surface area contributed by atoms with Gasteiger partial charge in [0.1, 0.15) is 19.3 Å². The molecular formula is C80H156O17P2. The first-order chi connectivity index (χ1) is 47.8. The van der Waals surface area contributed by atoms with Gasteiger partial charge in [-0.3, -0.25) is 37.3 Å². The van der Waals surface area contributed by atoms with E-state index in [1.165, 1.54) is 218 Å². The minimum absolute atomic E-state index is 0.104. The smallest absolute Gasteiger partial charge is 0.462 e. The normalized spacial score (nSPS) is 14.3. The van der Waals surface area contributed by atoms with Gasteiger partial charge in [-0.1, -0.05) is 363 Å². The van der Waals surface area contributed by atoms with Crippen LogP contribution in [0.2, 0.25) is 0 Å². The summed E-state index contributed by atoms with van der Waals surface area (Å²) in [7, 11) is -9.92. The summed E-state index contributed by atoms with van der Waals surface area (Å²) >= 11 is 0. The number of ether oxygens (including phenoxy) is 4. The molecule has 0 amide bonds. The quantitative estimate of drug-likeness (QED) is 0.0222. The molecule has 3 unspecified atom stereocenters. The van der Waals surface area contributed by atoms with Crippen molar-refractivity contribution in [2.75, 3.05) is 39.6 Å². The number of phosphoric acid groups is 2. The van der Waals surface area contributed by atoms with Crippen LogP contribution in [0.4, 0.5) is 0 Å². The van der Waals surface area contributed by atoms with E-state index in [2.05, 4.69) is 48.5 Å². The molecule has 3 N–H and O–H groups in total. The topological polar surface area (TPSA) is 237 Å². The van der Waals surface area contributed by atoms with E-state index < -0.39 is 97.5 Å². The van der Waals surface area contributed by atoms with E-state index in [9.17, 15) is 43.2 Å². The van der Waals surface area contributed by atoms with Crippen molar-refractivity contribution in [1.29, 1.82) is 0 Å². The van der Waals surface area contributed by atoms with Gasteiger partial charge in [-0.25, -0.2) is 9.13 Å². The van der Waals surface area contributed by atoms with Crippen molar-refractivity contribution in [3.63, 3.8) is 0 Å². The Labute approximate surface area is 607 Å². The molecule has 0 rings (SSSR count). The van der Waals surface area contributed by atoms with E-state index >= 15 is 0 Å². The third-order valence-corrected chi connectivity index (χ3v) is 20.9. The van der Waals surface area contributed by atoms with Gasteiger partial charge in [-0.05, 0) is 43.4 Å². The second kappa shape index (κ2) is 70.4. The van der Waals surface area contributed by atoms with E-state index in [1.54, 1.807) is 0 Å². The summed E-state index contributed by atoms with van der Waals surface area (Å²) in [5, 5.41) is 10.6. The van der Waals surface area contributed by atoms with Gasteiger partial charge in [0.05, 0.1) is 26.4 Å². The number of carbonyl (C=O) groups is 4. The molecule has 19 heteroatoms. The van der Waals surface area contributed by atoms with E-state index in [0.29, 0.717) is 31.6 Å². The van der Waals surface area contributed by atoms with Gasteiger partial charge in [0, 0.05) is 25.7 Å². The Morgan fingerprint density at radius 2 is 0.515 bits per heavy atom. The van der Waals surface area contributed by atoms with Crippen LogP contribution in [0.5, 0.6) is 0 Å². The van der Waals surface area contributed by atoms with Crippen LogP contribution in [-0.4, -0.2) is 96.7 Å². The number of aliphatic hydroxyl groups is 1. The second-order valence-corrected chi connectivity index (χ2v) is 32.9. The summed E-state index contributed by atoms with van der Waals surface area (Å²) in [4.78, 5) is 72.9. The average molecular weight is 1450 g/mol. The molecule has 99 heavy (non-hydrogen) atoms. The van der Waals surface area contributed by atoms with Crippen LogP contribution in [0.3, 0.4) is 0 Å². The largest absolute Gasteiger partial charge is 0.472 e. The number of carbonyl (C=O) groups excluding carboxylic acids is 4. The van der Waals surface area contributed by atoms with Gasteiger partial charge < -0.3 is 33.8 Å². The van der Waals surface area contributed by atoms with Crippen LogP contribution < -0.4 is 0 Å². The van der Waals surface area contributed by atoms with Gasteiger partial charge in [-0.2, -0.15) is 0 Å². The minimum atomic E-state index is -4.96. The highest BCUT2D eigenvalue weighted by molar-refractivity contribution is 7.47. The highest BCUT2D eigenvalue weighted by atomic mass is 31.2. The van der Waals surface area contributed by atoms with Gasteiger partial charge in [0.25, 0.3) is 0 Å². The van der Waals surface area contributed by atoms with Crippen molar-refractivity contribution in [1.82, 2.24) is 0 Å². The maximum atomic E-state index is 13.1. The average Bonchev–Trinajstić information content (AvgIpc) is 1.14. The maximum absolute atomic E-state index is 13.1. The monoisotopic (exact) mass is 1450 g/mol. The van der Waals surface area contributed by atoms with Crippen LogP contribution >= 0.6 is 15.6 Å². The van der Waals surface area contributed by atoms with Gasteiger partial charge >= 0.3 is 39.5 Å². The lowest BCUT2D eigenvalue weighted by atomic mass is 9.99. The number of esters is 4. The first-order valence-electron chi connectivity index (χ1n) is 41.4. The molecule has 6 atom stereocenters. The Bertz CT molecular complexity index is 1920. The predicted octanol–water partition coefficient (Wildman–Crippen LogP) is 23.7. The van der Waals surface area contributed by atoms with E-state index in [4.69, 9.17) is 37.0 Å². The predicted molar refractivity (Wildman–Crippen MR) is 405 cm³/mol. The summed E-state index contributed by atoms with van der Waals surface area (Å²) in [6.07, 6.45) is 58.5. The zero-order chi connectivity index (χ0) is 73.0. The fraction of sp³-hybridized carbons (Fsp3) is 0.950.